The molecule has 0 aliphatic heterocycles. The van der Waals surface area contributed by atoms with E-state index in [1.165, 1.54) is 5.57 Å². The molecular weight excluding hydrogens is 210 g/mol. The Balaban J connectivity index is 1.89. The summed E-state index contributed by atoms with van der Waals surface area (Å²) in [4.78, 5) is 0. The molecule has 0 bridgehead atoms. The molecule has 0 saturated heterocycles. The van der Waals surface area contributed by atoms with Crippen molar-refractivity contribution in [3.05, 3.63) is 59.4 Å². The number of allylic oxidation sites excluding steroid dienone is 4. The molecule has 2 nitrogen and oxygen atoms in total. The van der Waals surface area contributed by atoms with E-state index in [0.717, 1.165) is 24.2 Å². The minimum atomic E-state index is 0.350. The first kappa shape index (κ1) is 11.6. The number of benzene rings is 1. The first-order valence-corrected chi connectivity index (χ1v) is 5.87. The second kappa shape index (κ2) is 5.48. The number of hydrogen-bond donors (Lipinski definition) is 1. The lowest BCUT2D eigenvalue weighted by atomic mass is 10.1. The molecule has 0 aromatic heterocycles. The summed E-state index contributed by atoms with van der Waals surface area (Å²) < 4.78 is 5.64. The van der Waals surface area contributed by atoms with Crippen LogP contribution in [-0.4, -0.2) is 12.3 Å². The van der Waals surface area contributed by atoms with Gasteiger partial charge in [0, 0.05) is 6.42 Å². The molecule has 0 radical (unpaired) electrons. The monoisotopic (exact) mass is 227 g/mol. The Bertz CT molecular complexity index is 457. The average Bonchev–Trinajstić information content (AvgIpc) is 2.39. The van der Waals surface area contributed by atoms with Crippen LogP contribution >= 0.6 is 0 Å². The number of rotatable bonds is 4. The zero-order chi connectivity index (χ0) is 12.1. The van der Waals surface area contributed by atoms with Crippen LogP contribution in [0.15, 0.2) is 53.8 Å². The molecule has 1 aliphatic carbocycles. The van der Waals surface area contributed by atoms with Crippen LogP contribution in [0.1, 0.15) is 25.3 Å². The predicted molar refractivity (Wildman–Crippen MR) is 70.3 cm³/mol. The molecule has 88 valence electrons. The van der Waals surface area contributed by atoms with Gasteiger partial charge in [-0.05, 0) is 25.0 Å². The Labute approximate surface area is 102 Å². The SMILES string of the molecule is CC1=CC=C(OCC(=N)c2ccccc2)CC1. The van der Waals surface area contributed by atoms with Gasteiger partial charge in [0.25, 0.3) is 0 Å². The van der Waals surface area contributed by atoms with Crippen LogP contribution in [0.4, 0.5) is 0 Å². The lowest BCUT2D eigenvalue weighted by molar-refractivity contribution is 0.245. The Morgan fingerprint density at radius 1 is 1.18 bits per heavy atom. The first-order chi connectivity index (χ1) is 8.25. The van der Waals surface area contributed by atoms with Gasteiger partial charge in [0.2, 0.25) is 0 Å². The predicted octanol–water partition coefficient (Wildman–Crippen LogP) is 3.70. The van der Waals surface area contributed by atoms with Crippen LogP contribution in [0, 0.1) is 5.41 Å². The summed E-state index contributed by atoms with van der Waals surface area (Å²) in [6.07, 6.45) is 6.11. The summed E-state index contributed by atoms with van der Waals surface area (Å²) >= 11 is 0. The van der Waals surface area contributed by atoms with Crippen molar-refractivity contribution < 1.29 is 4.74 Å². The van der Waals surface area contributed by atoms with E-state index in [0.29, 0.717) is 12.3 Å². The maximum absolute atomic E-state index is 7.92. The Hall–Kier alpha value is -1.83. The zero-order valence-corrected chi connectivity index (χ0v) is 10.1. The van der Waals surface area contributed by atoms with E-state index in [1.807, 2.05) is 36.4 Å². The Kier molecular flexibility index (Phi) is 3.76. The lowest BCUT2D eigenvalue weighted by Crippen LogP contribution is -2.09. The maximum atomic E-state index is 7.92. The van der Waals surface area contributed by atoms with Crippen molar-refractivity contribution in [3.63, 3.8) is 0 Å². The van der Waals surface area contributed by atoms with Crippen LogP contribution in [0.3, 0.4) is 0 Å². The molecule has 1 N–H and O–H groups in total. The summed E-state index contributed by atoms with van der Waals surface area (Å²) in [6, 6.07) is 9.70. The Morgan fingerprint density at radius 2 is 1.94 bits per heavy atom. The molecule has 0 unspecified atom stereocenters. The highest BCUT2D eigenvalue weighted by atomic mass is 16.5. The standard InChI is InChI=1S/C15H17NO/c1-12-7-9-14(10-8-12)17-11-15(16)13-5-3-2-4-6-13/h2-7,9,16H,8,10-11H2,1H3. The van der Waals surface area contributed by atoms with Crippen molar-refractivity contribution in [1.29, 1.82) is 5.41 Å². The number of hydrogen-bond acceptors (Lipinski definition) is 2. The van der Waals surface area contributed by atoms with E-state index in [1.54, 1.807) is 0 Å². The summed E-state index contributed by atoms with van der Waals surface area (Å²) in [5.41, 5.74) is 2.84. The highest BCUT2D eigenvalue weighted by molar-refractivity contribution is 5.99. The van der Waals surface area contributed by atoms with Crippen molar-refractivity contribution >= 4 is 5.71 Å². The third-order valence-corrected chi connectivity index (χ3v) is 2.84. The van der Waals surface area contributed by atoms with Crippen LogP contribution in [0.5, 0.6) is 0 Å². The summed E-state index contributed by atoms with van der Waals surface area (Å²) in [6.45, 7) is 2.47. The molecule has 1 aromatic carbocycles. The maximum Gasteiger partial charge on any atom is 0.130 e. The molecule has 0 saturated carbocycles. The first-order valence-electron chi connectivity index (χ1n) is 5.87. The second-order valence-electron chi connectivity index (χ2n) is 4.28. The van der Waals surface area contributed by atoms with Gasteiger partial charge in [-0.25, -0.2) is 0 Å². The minimum absolute atomic E-state index is 0.350. The van der Waals surface area contributed by atoms with E-state index in [9.17, 15) is 0 Å². The highest BCUT2D eigenvalue weighted by Gasteiger charge is 2.06. The molecule has 0 heterocycles. The average molecular weight is 227 g/mol. The van der Waals surface area contributed by atoms with E-state index in [4.69, 9.17) is 10.1 Å². The second-order valence-corrected chi connectivity index (χ2v) is 4.28. The van der Waals surface area contributed by atoms with Gasteiger partial charge in [0.05, 0.1) is 11.5 Å². The molecule has 1 aromatic rings. The molecular formula is C15H17NO. The van der Waals surface area contributed by atoms with Crippen molar-refractivity contribution in [2.45, 2.75) is 19.8 Å². The third-order valence-electron chi connectivity index (χ3n) is 2.84. The van der Waals surface area contributed by atoms with Gasteiger partial charge < -0.3 is 10.1 Å². The van der Waals surface area contributed by atoms with Crippen LogP contribution in [0.2, 0.25) is 0 Å². The van der Waals surface area contributed by atoms with Crippen LogP contribution in [-0.2, 0) is 4.74 Å². The van der Waals surface area contributed by atoms with Crippen molar-refractivity contribution in [1.82, 2.24) is 0 Å². The van der Waals surface area contributed by atoms with Crippen LogP contribution in [0.25, 0.3) is 0 Å². The normalized spacial score (nSPS) is 14.9. The largest absolute Gasteiger partial charge is 0.492 e. The van der Waals surface area contributed by atoms with Gasteiger partial charge >= 0.3 is 0 Å². The van der Waals surface area contributed by atoms with E-state index >= 15 is 0 Å². The Morgan fingerprint density at radius 3 is 2.59 bits per heavy atom. The lowest BCUT2D eigenvalue weighted by Gasteiger charge is -2.14. The van der Waals surface area contributed by atoms with Gasteiger partial charge in [-0.1, -0.05) is 42.0 Å². The van der Waals surface area contributed by atoms with Crippen molar-refractivity contribution in [3.8, 4) is 0 Å². The van der Waals surface area contributed by atoms with Crippen molar-refractivity contribution in [2.24, 2.45) is 0 Å². The summed E-state index contributed by atoms with van der Waals surface area (Å²) in [5.74, 6) is 0.983. The van der Waals surface area contributed by atoms with Gasteiger partial charge in [-0.15, -0.1) is 0 Å². The van der Waals surface area contributed by atoms with Gasteiger partial charge in [0.1, 0.15) is 6.61 Å². The molecule has 0 fully saturated rings. The molecule has 2 rings (SSSR count). The minimum Gasteiger partial charge on any atom is -0.492 e. The zero-order valence-electron chi connectivity index (χ0n) is 10.1. The van der Waals surface area contributed by atoms with Gasteiger partial charge in [-0.2, -0.15) is 0 Å². The highest BCUT2D eigenvalue weighted by Crippen LogP contribution is 2.18. The fourth-order valence-corrected chi connectivity index (χ4v) is 1.73. The summed E-state index contributed by atoms with van der Waals surface area (Å²) in [7, 11) is 0. The van der Waals surface area contributed by atoms with Crippen molar-refractivity contribution in [2.75, 3.05) is 6.61 Å². The fraction of sp³-hybridized carbons (Fsp3) is 0.267. The van der Waals surface area contributed by atoms with E-state index < -0.39 is 0 Å². The van der Waals surface area contributed by atoms with Crippen LogP contribution < -0.4 is 0 Å². The van der Waals surface area contributed by atoms with Gasteiger partial charge in [0.15, 0.2) is 0 Å². The molecule has 17 heavy (non-hydrogen) atoms. The molecule has 2 heteroatoms. The fourth-order valence-electron chi connectivity index (χ4n) is 1.73. The number of nitrogens with one attached hydrogen (secondary N) is 1. The summed E-state index contributed by atoms with van der Waals surface area (Å²) in [5, 5.41) is 7.92. The van der Waals surface area contributed by atoms with Gasteiger partial charge in [-0.3, -0.25) is 0 Å². The number of ether oxygens (including phenoxy) is 1. The third kappa shape index (κ3) is 3.31. The van der Waals surface area contributed by atoms with E-state index in [-0.39, 0.29) is 0 Å². The topological polar surface area (TPSA) is 33.1 Å². The molecule has 0 spiro atoms. The van der Waals surface area contributed by atoms with E-state index in [2.05, 4.69) is 13.0 Å². The molecule has 0 amide bonds. The smallest absolute Gasteiger partial charge is 0.130 e. The quantitative estimate of drug-likeness (QED) is 0.782. The molecule has 1 aliphatic rings. The molecule has 0 atom stereocenters.